The Kier molecular flexibility index (Phi) is 7.64. The summed E-state index contributed by atoms with van der Waals surface area (Å²) in [5.41, 5.74) is 0.636. The van der Waals surface area contributed by atoms with Crippen LogP contribution in [0.1, 0.15) is 69.3 Å². The molecule has 1 atom stereocenters. The first-order chi connectivity index (χ1) is 14.4. The highest BCUT2D eigenvalue weighted by atomic mass is 16.5. The lowest BCUT2D eigenvalue weighted by Crippen LogP contribution is -2.41. The van der Waals surface area contributed by atoms with Crippen LogP contribution in [0.15, 0.2) is 10.9 Å². The van der Waals surface area contributed by atoms with Crippen molar-refractivity contribution in [1.29, 1.82) is 0 Å². The first-order valence-electron chi connectivity index (χ1n) is 11.1. The molecule has 1 aromatic rings. The molecule has 3 heterocycles. The van der Waals surface area contributed by atoms with Crippen LogP contribution in [0.4, 0.5) is 0 Å². The molecule has 2 fully saturated rings. The molecule has 3 rings (SSSR count). The summed E-state index contributed by atoms with van der Waals surface area (Å²) in [6, 6.07) is 1.58. The molecule has 0 unspecified atom stereocenters. The number of methoxy groups -OCH3 is 1. The summed E-state index contributed by atoms with van der Waals surface area (Å²) < 4.78 is 5.02. The molecule has 0 aliphatic carbocycles. The van der Waals surface area contributed by atoms with E-state index in [1.54, 1.807) is 13.2 Å². The van der Waals surface area contributed by atoms with Gasteiger partial charge in [0, 0.05) is 57.1 Å². The lowest BCUT2D eigenvalue weighted by atomic mass is 9.92. The van der Waals surface area contributed by atoms with Gasteiger partial charge in [-0.3, -0.25) is 14.4 Å². The van der Waals surface area contributed by atoms with Gasteiger partial charge in [-0.25, -0.2) is 4.98 Å². The van der Waals surface area contributed by atoms with E-state index in [2.05, 4.69) is 4.98 Å². The third-order valence-corrected chi connectivity index (χ3v) is 6.18. The molecular formula is C22H34N4O4. The van der Waals surface area contributed by atoms with Crippen molar-refractivity contribution in [3.8, 4) is 0 Å². The molecule has 0 bridgehead atoms. The van der Waals surface area contributed by atoms with Gasteiger partial charge in [-0.1, -0.05) is 13.8 Å². The Morgan fingerprint density at radius 1 is 1.17 bits per heavy atom. The largest absolute Gasteiger partial charge is 0.384 e. The number of carbonyl (C=O) groups is 2. The van der Waals surface area contributed by atoms with E-state index >= 15 is 0 Å². The molecule has 0 saturated carbocycles. The Morgan fingerprint density at radius 3 is 2.57 bits per heavy atom. The topological polar surface area (TPSA) is 95.6 Å². The lowest BCUT2D eigenvalue weighted by molar-refractivity contribution is -0.135. The molecule has 0 spiro atoms. The second kappa shape index (κ2) is 10.2. The maximum absolute atomic E-state index is 12.4. The van der Waals surface area contributed by atoms with Gasteiger partial charge in [-0.05, 0) is 25.7 Å². The second-order valence-electron chi connectivity index (χ2n) is 8.73. The molecule has 1 N–H and O–H groups in total. The normalized spacial score (nSPS) is 20.6. The van der Waals surface area contributed by atoms with E-state index in [0.717, 1.165) is 43.7 Å². The van der Waals surface area contributed by atoms with Gasteiger partial charge in [0.25, 0.3) is 5.56 Å². The minimum Gasteiger partial charge on any atom is -0.384 e. The number of carbonyl (C=O) groups excluding carboxylic acids is 2. The van der Waals surface area contributed by atoms with Gasteiger partial charge >= 0.3 is 0 Å². The molecule has 8 nitrogen and oxygen atoms in total. The lowest BCUT2D eigenvalue weighted by Gasteiger charge is -2.34. The summed E-state index contributed by atoms with van der Waals surface area (Å²) in [5, 5.41) is 0. The predicted molar refractivity (Wildman–Crippen MR) is 113 cm³/mol. The standard InChI is InChI=1S/C22H34N4O4/c1-15(2)22(29)25-10-6-16(7-11-25)21-23-18(13-19(27)24-21)17-5-4-9-26(14-17)20(28)8-12-30-3/h13,15-17H,4-12,14H2,1-3H3,(H,23,24,27)/t17-/m0/s1. The minimum absolute atomic E-state index is 0.00339. The Hall–Kier alpha value is -2.22. The van der Waals surface area contributed by atoms with Crippen molar-refractivity contribution in [2.24, 2.45) is 5.92 Å². The van der Waals surface area contributed by atoms with Crippen molar-refractivity contribution in [3.05, 3.63) is 27.9 Å². The summed E-state index contributed by atoms with van der Waals surface area (Å²) in [6.07, 6.45) is 3.81. The molecule has 2 aliphatic rings. The predicted octanol–water partition coefficient (Wildman–Crippen LogP) is 1.87. The van der Waals surface area contributed by atoms with Gasteiger partial charge < -0.3 is 19.5 Å². The summed E-state index contributed by atoms with van der Waals surface area (Å²) in [7, 11) is 1.59. The molecule has 166 valence electrons. The highest BCUT2D eigenvalue weighted by Gasteiger charge is 2.29. The zero-order valence-corrected chi connectivity index (χ0v) is 18.4. The fourth-order valence-corrected chi connectivity index (χ4v) is 4.43. The molecule has 2 amide bonds. The fourth-order valence-electron chi connectivity index (χ4n) is 4.43. The SMILES string of the molecule is COCCC(=O)N1CCC[C@H](c2cc(=O)[nH]c(C3CCN(C(=O)C(C)C)CC3)n2)C1. The monoisotopic (exact) mass is 418 g/mol. The van der Waals surface area contributed by atoms with Crippen LogP contribution in [0.2, 0.25) is 0 Å². The number of ether oxygens (including phenoxy) is 1. The number of nitrogens with zero attached hydrogens (tertiary/aromatic N) is 3. The molecule has 2 aliphatic heterocycles. The minimum atomic E-state index is -0.140. The zero-order valence-electron chi connectivity index (χ0n) is 18.4. The molecule has 0 radical (unpaired) electrons. The summed E-state index contributed by atoms with van der Waals surface area (Å²) in [6.45, 7) is 7.00. The van der Waals surface area contributed by atoms with Crippen LogP contribution in [-0.2, 0) is 14.3 Å². The number of hydrogen-bond acceptors (Lipinski definition) is 5. The van der Waals surface area contributed by atoms with E-state index < -0.39 is 0 Å². The van der Waals surface area contributed by atoms with E-state index in [1.165, 1.54) is 0 Å². The first kappa shape index (κ1) is 22.5. The quantitative estimate of drug-likeness (QED) is 0.761. The zero-order chi connectivity index (χ0) is 21.7. The number of rotatable bonds is 6. The highest BCUT2D eigenvalue weighted by molar-refractivity contribution is 5.78. The third kappa shape index (κ3) is 5.47. The van der Waals surface area contributed by atoms with E-state index in [9.17, 15) is 14.4 Å². The number of aromatic amines is 1. The summed E-state index contributed by atoms with van der Waals surface area (Å²) >= 11 is 0. The highest BCUT2D eigenvalue weighted by Crippen LogP contribution is 2.29. The maximum Gasteiger partial charge on any atom is 0.251 e. The average Bonchev–Trinajstić information content (AvgIpc) is 2.76. The van der Waals surface area contributed by atoms with Crippen LogP contribution in [0, 0.1) is 5.92 Å². The van der Waals surface area contributed by atoms with Crippen LogP contribution in [0.25, 0.3) is 0 Å². The molecular weight excluding hydrogens is 384 g/mol. The van der Waals surface area contributed by atoms with Crippen molar-refractivity contribution in [2.45, 2.75) is 57.8 Å². The van der Waals surface area contributed by atoms with Gasteiger partial charge in [-0.15, -0.1) is 0 Å². The van der Waals surface area contributed by atoms with Gasteiger partial charge in [0.15, 0.2) is 0 Å². The molecule has 8 heteroatoms. The first-order valence-corrected chi connectivity index (χ1v) is 11.1. The smallest absolute Gasteiger partial charge is 0.251 e. The van der Waals surface area contributed by atoms with E-state index in [-0.39, 0.29) is 35.1 Å². The van der Waals surface area contributed by atoms with E-state index in [0.29, 0.717) is 32.7 Å². The van der Waals surface area contributed by atoms with Gasteiger partial charge in [0.1, 0.15) is 5.82 Å². The number of likely N-dealkylation sites (tertiary alicyclic amines) is 2. The van der Waals surface area contributed by atoms with Crippen LogP contribution in [-0.4, -0.2) is 71.5 Å². The number of amides is 2. The Balaban J connectivity index is 1.68. The average molecular weight is 419 g/mol. The fraction of sp³-hybridized carbons (Fsp3) is 0.727. The number of nitrogens with one attached hydrogen (secondary N) is 1. The maximum atomic E-state index is 12.4. The second-order valence-corrected chi connectivity index (χ2v) is 8.73. The number of piperidine rings is 2. The van der Waals surface area contributed by atoms with Crippen molar-refractivity contribution in [1.82, 2.24) is 19.8 Å². The van der Waals surface area contributed by atoms with Crippen LogP contribution < -0.4 is 5.56 Å². The summed E-state index contributed by atoms with van der Waals surface area (Å²) in [4.78, 5) is 48.5. The number of H-pyrrole nitrogens is 1. The van der Waals surface area contributed by atoms with Crippen molar-refractivity contribution in [3.63, 3.8) is 0 Å². The van der Waals surface area contributed by atoms with Gasteiger partial charge in [0.05, 0.1) is 18.7 Å². The van der Waals surface area contributed by atoms with Crippen molar-refractivity contribution >= 4 is 11.8 Å². The van der Waals surface area contributed by atoms with Crippen LogP contribution >= 0.6 is 0 Å². The molecule has 0 aromatic carbocycles. The van der Waals surface area contributed by atoms with E-state index in [1.807, 2.05) is 23.6 Å². The van der Waals surface area contributed by atoms with Gasteiger partial charge in [0.2, 0.25) is 11.8 Å². The summed E-state index contributed by atoms with van der Waals surface area (Å²) in [5.74, 6) is 1.23. The van der Waals surface area contributed by atoms with Crippen molar-refractivity contribution in [2.75, 3.05) is 39.9 Å². The molecule has 1 aromatic heterocycles. The molecule has 2 saturated heterocycles. The number of hydrogen-bond donors (Lipinski definition) is 1. The number of aromatic nitrogens is 2. The Bertz CT molecular complexity index is 799. The Labute approximate surface area is 178 Å². The van der Waals surface area contributed by atoms with Crippen molar-refractivity contribution < 1.29 is 14.3 Å². The van der Waals surface area contributed by atoms with Crippen LogP contribution in [0.5, 0.6) is 0 Å². The Morgan fingerprint density at radius 2 is 1.90 bits per heavy atom. The third-order valence-electron chi connectivity index (χ3n) is 6.18. The molecule has 30 heavy (non-hydrogen) atoms. The van der Waals surface area contributed by atoms with E-state index in [4.69, 9.17) is 9.72 Å². The van der Waals surface area contributed by atoms with Crippen LogP contribution in [0.3, 0.4) is 0 Å². The van der Waals surface area contributed by atoms with Gasteiger partial charge in [-0.2, -0.15) is 0 Å².